The highest BCUT2D eigenvalue weighted by molar-refractivity contribution is 5.69. The van der Waals surface area contributed by atoms with Crippen molar-refractivity contribution in [3.05, 3.63) is 48.6 Å². The Labute approximate surface area is 285 Å². The molecular weight excluding hydrogens is 568 g/mol. The van der Waals surface area contributed by atoms with Gasteiger partial charge in [0.25, 0.3) is 0 Å². The van der Waals surface area contributed by atoms with Crippen LogP contribution in [-0.4, -0.2) is 23.1 Å². The van der Waals surface area contributed by atoms with Gasteiger partial charge >= 0.3 is 11.9 Å². The SMILES string of the molecule is CCCCC/C=C\C/C=C\C/C=C\C/C=C\CCCCCC(=O)OC(CCCCCCCCCCCC)CCCCCCC(=O)O. The van der Waals surface area contributed by atoms with Crippen LogP contribution in [0.2, 0.25) is 0 Å². The molecule has 0 saturated heterocycles. The molecule has 0 spiro atoms. The maximum absolute atomic E-state index is 12.6. The van der Waals surface area contributed by atoms with Gasteiger partial charge in [-0.15, -0.1) is 0 Å². The van der Waals surface area contributed by atoms with Crippen LogP contribution in [0, 0.1) is 0 Å². The van der Waals surface area contributed by atoms with Crippen molar-refractivity contribution in [2.24, 2.45) is 0 Å². The summed E-state index contributed by atoms with van der Waals surface area (Å²) in [5.74, 6) is -0.757. The normalized spacial score (nSPS) is 12.7. The molecule has 0 heterocycles. The van der Waals surface area contributed by atoms with E-state index < -0.39 is 5.97 Å². The van der Waals surface area contributed by atoms with E-state index in [1.807, 2.05) is 0 Å². The topological polar surface area (TPSA) is 63.6 Å². The Hall–Kier alpha value is -2.10. The summed E-state index contributed by atoms with van der Waals surface area (Å²) >= 11 is 0. The van der Waals surface area contributed by atoms with Crippen molar-refractivity contribution >= 4 is 11.9 Å². The first-order valence-corrected chi connectivity index (χ1v) is 19.6. The van der Waals surface area contributed by atoms with Crippen LogP contribution in [0.1, 0.15) is 200 Å². The van der Waals surface area contributed by atoms with E-state index in [9.17, 15) is 9.59 Å². The Bertz CT molecular complexity index is 779. The molecule has 1 N–H and O–H groups in total. The summed E-state index contributed by atoms with van der Waals surface area (Å²) in [6.07, 6.45) is 49.8. The fraction of sp³-hybridized carbons (Fsp3) is 0.762. The zero-order chi connectivity index (χ0) is 33.6. The highest BCUT2D eigenvalue weighted by Gasteiger charge is 2.14. The molecule has 0 rings (SSSR count). The molecule has 4 heteroatoms. The molecule has 0 bridgehead atoms. The molecule has 0 aliphatic rings. The number of esters is 1. The molecule has 0 fully saturated rings. The van der Waals surface area contributed by atoms with E-state index in [1.54, 1.807) is 0 Å². The van der Waals surface area contributed by atoms with E-state index in [0.29, 0.717) is 6.42 Å². The Balaban J connectivity index is 4.04. The second-order valence-electron chi connectivity index (χ2n) is 13.1. The van der Waals surface area contributed by atoms with Crippen molar-refractivity contribution in [1.82, 2.24) is 0 Å². The number of ether oxygens (including phenoxy) is 1. The molecule has 46 heavy (non-hydrogen) atoms. The van der Waals surface area contributed by atoms with Crippen LogP contribution in [0.5, 0.6) is 0 Å². The molecule has 266 valence electrons. The van der Waals surface area contributed by atoms with Crippen LogP contribution < -0.4 is 0 Å². The van der Waals surface area contributed by atoms with Gasteiger partial charge in [-0.25, -0.2) is 0 Å². The number of carboxylic acid groups (broad SMARTS) is 1. The summed E-state index contributed by atoms with van der Waals surface area (Å²) in [4.78, 5) is 23.4. The molecule has 0 radical (unpaired) electrons. The number of hydrogen-bond acceptors (Lipinski definition) is 3. The second-order valence-corrected chi connectivity index (χ2v) is 13.1. The fourth-order valence-electron chi connectivity index (χ4n) is 5.64. The summed E-state index contributed by atoms with van der Waals surface area (Å²) in [6.45, 7) is 4.51. The number of carbonyl (C=O) groups excluding carboxylic acids is 1. The van der Waals surface area contributed by atoms with Gasteiger partial charge in [-0.1, -0.05) is 152 Å². The number of carboxylic acids is 1. The van der Waals surface area contributed by atoms with Crippen LogP contribution in [0.15, 0.2) is 48.6 Å². The molecule has 4 nitrogen and oxygen atoms in total. The molecule has 1 unspecified atom stereocenters. The number of allylic oxidation sites excluding steroid dienone is 8. The molecule has 0 aromatic heterocycles. The first-order chi connectivity index (χ1) is 22.6. The standard InChI is InChI=1S/C42H74O4/c1-3-5-7-9-11-13-15-16-17-18-19-20-21-22-23-25-27-29-35-39-42(45)46-40(37-33-30-31-34-38-41(43)44)36-32-28-26-24-14-12-10-8-6-4-2/h11,13,16-17,19-20,22-23,40H,3-10,12,14-15,18,21,24-39H2,1-2H3,(H,43,44)/b13-11-,17-16-,20-19-,23-22-. The van der Waals surface area contributed by atoms with Crippen molar-refractivity contribution < 1.29 is 19.4 Å². The quantitative estimate of drug-likeness (QED) is 0.0424. The largest absolute Gasteiger partial charge is 0.481 e. The predicted molar refractivity (Wildman–Crippen MR) is 199 cm³/mol. The smallest absolute Gasteiger partial charge is 0.306 e. The Morgan fingerprint density at radius 1 is 0.478 bits per heavy atom. The maximum atomic E-state index is 12.6. The third-order valence-electron chi connectivity index (χ3n) is 8.55. The summed E-state index contributed by atoms with van der Waals surface area (Å²) in [5.41, 5.74) is 0. The zero-order valence-corrected chi connectivity index (χ0v) is 30.4. The first kappa shape index (κ1) is 43.9. The summed E-state index contributed by atoms with van der Waals surface area (Å²) in [6, 6.07) is 0. The van der Waals surface area contributed by atoms with Crippen LogP contribution >= 0.6 is 0 Å². The minimum atomic E-state index is -0.716. The molecule has 1 atom stereocenters. The zero-order valence-electron chi connectivity index (χ0n) is 30.4. The molecule has 0 aliphatic carbocycles. The molecule has 0 aromatic carbocycles. The Kier molecular flexibility index (Phi) is 35.7. The highest BCUT2D eigenvalue weighted by atomic mass is 16.5. The lowest BCUT2D eigenvalue weighted by Gasteiger charge is -2.18. The number of carbonyl (C=O) groups is 2. The summed E-state index contributed by atoms with van der Waals surface area (Å²) < 4.78 is 5.95. The molecule has 0 amide bonds. The van der Waals surface area contributed by atoms with Gasteiger partial charge in [0.1, 0.15) is 6.10 Å². The van der Waals surface area contributed by atoms with Gasteiger partial charge < -0.3 is 9.84 Å². The summed E-state index contributed by atoms with van der Waals surface area (Å²) in [5, 5.41) is 8.84. The lowest BCUT2D eigenvalue weighted by Crippen LogP contribution is -2.18. The Morgan fingerprint density at radius 2 is 0.848 bits per heavy atom. The average molecular weight is 643 g/mol. The third kappa shape index (κ3) is 36.4. The lowest BCUT2D eigenvalue weighted by atomic mass is 10.0. The number of unbranched alkanes of at least 4 members (excludes halogenated alkanes) is 18. The van der Waals surface area contributed by atoms with E-state index in [1.165, 1.54) is 83.5 Å². The molecular formula is C42H74O4. The first-order valence-electron chi connectivity index (χ1n) is 19.6. The van der Waals surface area contributed by atoms with Crippen LogP contribution in [0.25, 0.3) is 0 Å². The van der Waals surface area contributed by atoms with Crippen LogP contribution in [-0.2, 0) is 14.3 Å². The van der Waals surface area contributed by atoms with Crippen molar-refractivity contribution in [3.63, 3.8) is 0 Å². The molecule has 0 aliphatic heterocycles. The number of aliphatic carboxylic acids is 1. The van der Waals surface area contributed by atoms with Crippen molar-refractivity contribution in [2.75, 3.05) is 0 Å². The van der Waals surface area contributed by atoms with Gasteiger partial charge in [0.15, 0.2) is 0 Å². The minimum absolute atomic E-state index is 0.0182. The van der Waals surface area contributed by atoms with E-state index >= 15 is 0 Å². The Morgan fingerprint density at radius 3 is 1.35 bits per heavy atom. The van der Waals surface area contributed by atoms with Crippen LogP contribution in [0.3, 0.4) is 0 Å². The van der Waals surface area contributed by atoms with E-state index in [0.717, 1.165) is 89.9 Å². The van der Waals surface area contributed by atoms with E-state index in [-0.39, 0.29) is 18.5 Å². The van der Waals surface area contributed by atoms with Gasteiger partial charge in [0, 0.05) is 12.8 Å². The number of hydrogen-bond donors (Lipinski definition) is 1. The summed E-state index contributed by atoms with van der Waals surface area (Å²) in [7, 11) is 0. The van der Waals surface area contributed by atoms with Crippen LogP contribution in [0.4, 0.5) is 0 Å². The van der Waals surface area contributed by atoms with Gasteiger partial charge in [-0.2, -0.15) is 0 Å². The molecule has 0 aromatic rings. The van der Waals surface area contributed by atoms with Gasteiger partial charge in [0.05, 0.1) is 0 Å². The number of rotatable bonds is 35. The lowest BCUT2D eigenvalue weighted by molar-refractivity contribution is -0.150. The van der Waals surface area contributed by atoms with Gasteiger partial charge in [0.2, 0.25) is 0 Å². The third-order valence-corrected chi connectivity index (χ3v) is 8.55. The monoisotopic (exact) mass is 643 g/mol. The van der Waals surface area contributed by atoms with Crippen molar-refractivity contribution in [3.8, 4) is 0 Å². The van der Waals surface area contributed by atoms with Crippen molar-refractivity contribution in [2.45, 2.75) is 206 Å². The van der Waals surface area contributed by atoms with E-state index in [4.69, 9.17) is 9.84 Å². The molecule has 0 saturated carbocycles. The average Bonchev–Trinajstić information content (AvgIpc) is 3.04. The van der Waals surface area contributed by atoms with Gasteiger partial charge in [-0.05, 0) is 83.5 Å². The van der Waals surface area contributed by atoms with Gasteiger partial charge in [-0.3, -0.25) is 9.59 Å². The second kappa shape index (κ2) is 37.4. The fourth-order valence-corrected chi connectivity index (χ4v) is 5.64. The minimum Gasteiger partial charge on any atom is -0.481 e. The highest BCUT2D eigenvalue weighted by Crippen LogP contribution is 2.18. The predicted octanol–water partition coefficient (Wildman–Crippen LogP) is 13.6. The maximum Gasteiger partial charge on any atom is 0.306 e. The van der Waals surface area contributed by atoms with E-state index in [2.05, 4.69) is 62.5 Å². The van der Waals surface area contributed by atoms with Crippen molar-refractivity contribution in [1.29, 1.82) is 0 Å².